The smallest absolute Gasteiger partial charge is 0.215 e. The summed E-state index contributed by atoms with van der Waals surface area (Å²) in [7, 11) is 0. The van der Waals surface area contributed by atoms with E-state index >= 15 is 0 Å². The molecule has 2 aromatic rings. The van der Waals surface area contributed by atoms with Crippen LogP contribution >= 0.6 is 0 Å². The summed E-state index contributed by atoms with van der Waals surface area (Å²) in [4.78, 5) is 16.7. The molecule has 0 aliphatic heterocycles. The summed E-state index contributed by atoms with van der Waals surface area (Å²) in [5, 5.41) is 0. The first-order chi connectivity index (χ1) is 9.24. The molecule has 0 unspecified atom stereocenters. The van der Waals surface area contributed by atoms with E-state index in [4.69, 9.17) is 4.74 Å². The van der Waals surface area contributed by atoms with Gasteiger partial charge in [-0.3, -0.25) is 9.78 Å². The molecule has 2 rings (SSSR count). The maximum atomic E-state index is 12.5. The average molecular weight is 255 g/mol. The van der Waals surface area contributed by atoms with Gasteiger partial charge in [0.2, 0.25) is 5.78 Å². The molecule has 0 bridgehead atoms. The van der Waals surface area contributed by atoms with Crippen LogP contribution in [-0.2, 0) is 0 Å². The molecule has 0 aliphatic rings. The number of pyridine rings is 1. The van der Waals surface area contributed by atoms with E-state index in [9.17, 15) is 4.79 Å². The number of benzene rings is 1. The Morgan fingerprint density at radius 3 is 2.74 bits per heavy atom. The summed E-state index contributed by atoms with van der Waals surface area (Å²) in [6, 6.07) is 11.0. The topological polar surface area (TPSA) is 39.2 Å². The zero-order valence-corrected chi connectivity index (χ0v) is 11.2. The number of rotatable bonds is 5. The molecule has 0 spiro atoms. The Bertz CT molecular complexity index is 578. The zero-order chi connectivity index (χ0) is 13.7. The summed E-state index contributed by atoms with van der Waals surface area (Å²) >= 11 is 0. The van der Waals surface area contributed by atoms with Crippen molar-refractivity contribution in [2.45, 2.75) is 20.3 Å². The second-order valence-corrected chi connectivity index (χ2v) is 4.34. The highest BCUT2D eigenvalue weighted by Crippen LogP contribution is 2.22. The lowest BCUT2D eigenvalue weighted by Gasteiger charge is -2.10. The van der Waals surface area contributed by atoms with Crippen molar-refractivity contribution in [1.29, 1.82) is 0 Å². The molecule has 1 aromatic heterocycles. The number of para-hydroxylation sites is 1. The van der Waals surface area contributed by atoms with Gasteiger partial charge in [-0.05, 0) is 37.1 Å². The molecule has 0 saturated carbocycles. The average Bonchev–Trinajstić information content (AvgIpc) is 2.45. The van der Waals surface area contributed by atoms with Crippen molar-refractivity contribution in [1.82, 2.24) is 4.98 Å². The molecule has 0 saturated heterocycles. The maximum absolute atomic E-state index is 12.5. The molecule has 0 N–H and O–H groups in total. The minimum Gasteiger partial charge on any atom is -0.493 e. The Balaban J connectivity index is 2.36. The molecule has 1 heterocycles. The van der Waals surface area contributed by atoms with Crippen LogP contribution < -0.4 is 4.74 Å². The standard InChI is InChI=1S/C16H17NO2/c1-3-11-19-14-9-5-4-8-13(14)16(18)15-12(2)7-6-10-17-15/h4-10H,3,11H2,1-2H3. The molecule has 3 nitrogen and oxygen atoms in total. The fourth-order valence-corrected chi connectivity index (χ4v) is 1.84. The zero-order valence-electron chi connectivity index (χ0n) is 11.2. The molecular weight excluding hydrogens is 238 g/mol. The number of carbonyl (C=O) groups is 1. The number of aromatic nitrogens is 1. The lowest BCUT2D eigenvalue weighted by Crippen LogP contribution is -2.09. The van der Waals surface area contributed by atoms with E-state index in [1.54, 1.807) is 12.3 Å². The molecule has 98 valence electrons. The largest absolute Gasteiger partial charge is 0.493 e. The van der Waals surface area contributed by atoms with Crippen molar-refractivity contribution in [2.75, 3.05) is 6.61 Å². The summed E-state index contributed by atoms with van der Waals surface area (Å²) in [6.45, 7) is 4.52. The van der Waals surface area contributed by atoms with Crippen molar-refractivity contribution in [2.24, 2.45) is 0 Å². The highest BCUT2D eigenvalue weighted by atomic mass is 16.5. The van der Waals surface area contributed by atoms with Crippen molar-refractivity contribution >= 4 is 5.78 Å². The molecule has 0 atom stereocenters. The molecule has 3 heteroatoms. The third-order valence-electron chi connectivity index (χ3n) is 2.82. The van der Waals surface area contributed by atoms with Crippen LogP contribution in [0.25, 0.3) is 0 Å². The van der Waals surface area contributed by atoms with Gasteiger partial charge in [0.05, 0.1) is 12.2 Å². The van der Waals surface area contributed by atoms with E-state index in [1.807, 2.05) is 44.2 Å². The van der Waals surface area contributed by atoms with Crippen LogP contribution in [-0.4, -0.2) is 17.4 Å². The molecule has 1 aromatic carbocycles. The van der Waals surface area contributed by atoms with Crippen LogP contribution in [0.15, 0.2) is 42.6 Å². The van der Waals surface area contributed by atoms with Crippen LogP contribution in [0.2, 0.25) is 0 Å². The van der Waals surface area contributed by atoms with Gasteiger partial charge in [0.25, 0.3) is 0 Å². The molecule has 0 aliphatic carbocycles. The van der Waals surface area contributed by atoms with E-state index in [0.29, 0.717) is 23.6 Å². The first-order valence-electron chi connectivity index (χ1n) is 6.42. The first kappa shape index (κ1) is 13.3. The van der Waals surface area contributed by atoms with Gasteiger partial charge in [0, 0.05) is 6.20 Å². The van der Waals surface area contributed by atoms with E-state index in [-0.39, 0.29) is 5.78 Å². The van der Waals surface area contributed by atoms with E-state index in [2.05, 4.69) is 4.98 Å². The predicted octanol–water partition coefficient (Wildman–Crippen LogP) is 3.41. The molecule has 0 amide bonds. The Kier molecular flexibility index (Phi) is 4.29. The Morgan fingerprint density at radius 2 is 2.00 bits per heavy atom. The van der Waals surface area contributed by atoms with Crippen LogP contribution in [0.5, 0.6) is 5.75 Å². The number of hydrogen-bond acceptors (Lipinski definition) is 3. The van der Waals surface area contributed by atoms with Gasteiger partial charge in [-0.15, -0.1) is 0 Å². The highest BCUT2D eigenvalue weighted by molar-refractivity contribution is 6.10. The SMILES string of the molecule is CCCOc1ccccc1C(=O)c1ncccc1C. The lowest BCUT2D eigenvalue weighted by atomic mass is 10.0. The third-order valence-corrected chi connectivity index (χ3v) is 2.82. The van der Waals surface area contributed by atoms with Gasteiger partial charge >= 0.3 is 0 Å². The lowest BCUT2D eigenvalue weighted by molar-refractivity contribution is 0.103. The van der Waals surface area contributed by atoms with Crippen molar-refractivity contribution in [3.63, 3.8) is 0 Å². The number of aryl methyl sites for hydroxylation is 1. The van der Waals surface area contributed by atoms with Gasteiger partial charge < -0.3 is 4.74 Å². The van der Waals surface area contributed by atoms with E-state index in [0.717, 1.165) is 12.0 Å². The monoisotopic (exact) mass is 255 g/mol. The van der Waals surface area contributed by atoms with Gasteiger partial charge in [0.1, 0.15) is 11.4 Å². The van der Waals surface area contributed by atoms with E-state index < -0.39 is 0 Å². The molecule has 0 fully saturated rings. The van der Waals surface area contributed by atoms with Gasteiger partial charge in [-0.2, -0.15) is 0 Å². The third kappa shape index (κ3) is 2.99. The highest BCUT2D eigenvalue weighted by Gasteiger charge is 2.17. The number of nitrogens with zero attached hydrogens (tertiary/aromatic N) is 1. The van der Waals surface area contributed by atoms with Gasteiger partial charge in [-0.25, -0.2) is 0 Å². The summed E-state index contributed by atoms with van der Waals surface area (Å²) in [6.07, 6.45) is 2.54. The van der Waals surface area contributed by atoms with Gasteiger partial charge in [-0.1, -0.05) is 25.1 Å². The second-order valence-electron chi connectivity index (χ2n) is 4.34. The van der Waals surface area contributed by atoms with Crippen LogP contribution in [0.3, 0.4) is 0 Å². The minimum atomic E-state index is -0.0928. The van der Waals surface area contributed by atoms with Crippen molar-refractivity contribution in [3.8, 4) is 5.75 Å². The fourth-order valence-electron chi connectivity index (χ4n) is 1.84. The Hall–Kier alpha value is -2.16. The quantitative estimate of drug-likeness (QED) is 0.768. The summed E-state index contributed by atoms with van der Waals surface area (Å²) in [5.41, 5.74) is 1.92. The fraction of sp³-hybridized carbons (Fsp3) is 0.250. The van der Waals surface area contributed by atoms with Crippen LogP contribution in [0, 0.1) is 6.92 Å². The maximum Gasteiger partial charge on any atom is 0.215 e. The summed E-state index contributed by atoms with van der Waals surface area (Å²) in [5.74, 6) is 0.532. The predicted molar refractivity (Wildman–Crippen MR) is 74.6 cm³/mol. The van der Waals surface area contributed by atoms with Gasteiger partial charge in [0.15, 0.2) is 0 Å². The van der Waals surface area contributed by atoms with Crippen LogP contribution in [0.1, 0.15) is 35.0 Å². The first-order valence-corrected chi connectivity index (χ1v) is 6.42. The second kappa shape index (κ2) is 6.14. The Labute approximate surface area is 113 Å². The van der Waals surface area contributed by atoms with Crippen molar-refractivity contribution in [3.05, 3.63) is 59.4 Å². The summed E-state index contributed by atoms with van der Waals surface area (Å²) < 4.78 is 5.62. The molecule has 0 radical (unpaired) electrons. The normalized spacial score (nSPS) is 10.2. The number of carbonyl (C=O) groups excluding carboxylic acids is 1. The minimum absolute atomic E-state index is 0.0928. The van der Waals surface area contributed by atoms with Crippen LogP contribution in [0.4, 0.5) is 0 Å². The molecule has 19 heavy (non-hydrogen) atoms. The van der Waals surface area contributed by atoms with Crippen molar-refractivity contribution < 1.29 is 9.53 Å². The molecular formula is C16H17NO2. The van der Waals surface area contributed by atoms with E-state index in [1.165, 1.54) is 0 Å². The number of ketones is 1. The Morgan fingerprint density at radius 1 is 1.21 bits per heavy atom. The number of ether oxygens (including phenoxy) is 1. The number of hydrogen-bond donors (Lipinski definition) is 0.